The zero-order valence-corrected chi connectivity index (χ0v) is 16.9. The number of rotatable bonds is 4. The first-order valence-electron chi connectivity index (χ1n) is 9.42. The standard InChI is InChI=1S/C21H19ClF3NO2S/c22-15-4-3-12(21(28)26-13-8-16(23)19(25)17(24)9-13)7-18(15)29-14-5-10-1-2-11(6-14)20(10)27/h3-4,7-11,14,20,27H,1-2,5-6H2,(H,26,28)/t10?,11?,14-,20+. The number of carbonyl (C=O) groups excluding carboxylic acids is 1. The van der Waals surface area contributed by atoms with Gasteiger partial charge in [-0.2, -0.15) is 0 Å². The molecule has 0 aromatic heterocycles. The molecule has 2 saturated carbocycles. The number of fused-ring (bicyclic) bond motifs is 2. The minimum absolute atomic E-state index is 0.173. The molecule has 29 heavy (non-hydrogen) atoms. The highest BCUT2D eigenvalue weighted by molar-refractivity contribution is 8.00. The van der Waals surface area contributed by atoms with Gasteiger partial charge in [0.1, 0.15) is 0 Å². The molecule has 0 saturated heterocycles. The van der Waals surface area contributed by atoms with Crippen LogP contribution in [0.1, 0.15) is 36.0 Å². The Morgan fingerprint density at radius 2 is 1.69 bits per heavy atom. The summed E-state index contributed by atoms with van der Waals surface area (Å²) in [5.41, 5.74) is 0.106. The third-order valence-electron chi connectivity index (χ3n) is 5.73. The van der Waals surface area contributed by atoms with E-state index in [0.717, 1.165) is 42.7 Å². The smallest absolute Gasteiger partial charge is 0.255 e. The Bertz CT molecular complexity index is 921. The molecule has 2 aromatic carbocycles. The molecule has 2 aliphatic carbocycles. The van der Waals surface area contributed by atoms with Crippen LogP contribution in [0.2, 0.25) is 5.02 Å². The lowest BCUT2D eigenvalue weighted by atomic mass is 9.86. The summed E-state index contributed by atoms with van der Waals surface area (Å²) in [7, 11) is 0. The molecule has 0 spiro atoms. The van der Waals surface area contributed by atoms with Crippen molar-refractivity contribution in [1.82, 2.24) is 0 Å². The molecule has 1 amide bonds. The van der Waals surface area contributed by atoms with Crippen molar-refractivity contribution in [3.05, 3.63) is 58.4 Å². The summed E-state index contributed by atoms with van der Waals surface area (Å²) in [6.45, 7) is 0. The molecule has 2 bridgehead atoms. The van der Waals surface area contributed by atoms with Gasteiger partial charge in [0.25, 0.3) is 5.91 Å². The second kappa shape index (κ2) is 8.20. The highest BCUT2D eigenvalue weighted by Crippen LogP contribution is 2.48. The van der Waals surface area contributed by atoms with Crippen molar-refractivity contribution in [2.45, 2.75) is 41.9 Å². The number of thioether (sulfide) groups is 1. The summed E-state index contributed by atoms with van der Waals surface area (Å²) in [6.07, 6.45) is 3.69. The van der Waals surface area contributed by atoms with Crippen LogP contribution in [0.25, 0.3) is 0 Å². The van der Waals surface area contributed by atoms with Gasteiger partial charge >= 0.3 is 0 Å². The van der Waals surface area contributed by atoms with Crippen molar-refractivity contribution < 1.29 is 23.1 Å². The Morgan fingerprint density at radius 3 is 2.31 bits per heavy atom. The van der Waals surface area contributed by atoms with Crippen molar-refractivity contribution in [2.24, 2.45) is 11.8 Å². The van der Waals surface area contributed by atoms with Gasteiger partial charge in [-0.05, 0) is 55.7 Å². The van der Waals surface area contributed by atoms with Gasteiger partial charge in [-0.15, -0.1) is 11.8 Å². The maximum absolute atomic E-state index is 13.4. The number of amides is 1. The first-order chi connectivity index (χ1) is 13.8. The van der Waals surface area contributed by atoms with Crippen LogP contribution in [0.3, 0.4) is 0 Å². The second-order valence-corrected chi connectivity index (χ2v) is 9.40. The molecule has 154 valence electrons. The summed E-state index contributed by atoms with van der Waals surface area (Å²) in [4.78, 5) is 13.2. The van der Waals surface area contributed by atoms with E-state index in [9.17, 15) is 23.1 Å². The third kappa shape index (κ3) is 4.27. The number of aliphatic hydroxyl groups is 1. The zero-order valence-electron chi connectivity index (χ0n) is 15.3. The molecular weight excluding hydrogens is 423 g/mol. The fourth-order valence-corrected chi connectivity index (χ4v) is 5.96. The summed E-state index contributed by atoms with van der Waals surface area (Å²) >= 11 is 7.91. The Balaban J connectivity index is 1.48. The quantitative estimate of drug-likeness (QED) is 0.603. The topological polar surface area (TPSA) is 49.3 Å². The number of benzene rings is 2. The molecule has 2 atom stereocenters. The van der Waals surface area contributed by atoms with Gasteiger partial charge in [-0.3, -0.25) is 4.79 Å². The molecule has 8 heteroatoms. The molecule has 4 rings (SSSR count). The first-order valence-corrected chi connectivity index (χ1v) is 10.7. The van der Waals surface area contributed by atoms with Crippen LogP contribution >= 0.6 is 23.4 Å². The normalized spacial score (nSPS) is 25.8. The molecule has 0 radical (unpaired) electrons. The van der Waals surface area contributed by atoms with Gasteiger partial charge in [0.05, 0.1) is 11.1 Å². The molecule has 3 nitrogen and oxygen atoms in total. The van der Waals surface area contributed by atoms with Gasteiger partial charge in [0.15, 0.2) is 17.5 Å². The molecule has 0 aliphatic heterocycles. The summed E-state index contributed by atoms with van der Waals surface area (Å²) < 4.78 is 39.8. The van der Waals surface area contributed by atoms with Crippen LogP contribution in [-0.4, -0.2) is 22.4 Å². The highest BCUT2D eigenvalue weighted by Gasteiger charge is 2.42. The number of hydrogen-bond acceptors (Lipinski definition) is 3. The highest BCUT2D eigenvalue weighted by atomic mass is 35.5. The Morgan fingerprint density at radius 1 is 1.07 bits per heavy atom. The second-order valence-electron chi connectivity index (χ2n) is 7.65. The van der Waals surface area contributed by atoms with E-state index in [1.165, 1.54) is 6.07 Å². The van der Waals surface area contributed by atoms with E-state index in [4.69, 9.17) is 11.6 Å². The van der Waals surface area contributed by atoms with Crippen LogP contribution in [0, 0.1) is 29.3 Å². The fraction of sp³-hybridized carbons (Fsp3) is 0.381. The number of aliphatic hydroxyl groups excluding tert-OH is 1. The van der Waals surface area contributed by atoms with Crippen molar-refractivity contribution >= 4 is 35.0 Å². The predicted octanol–water partition coefficient (Wildman–Crippen LogP) is 5.65. The molecule has 2 N–H and O–H groups in total. The van der Waals surface area contributed by atoms with E-state index in [1.54, 1.807) is 23.9 Å². The van der Waals surface area contributed by atoms with Gasteiger partial charge in [0, 0.05) is 33.5 Å². The maximum Gasteiger partial charge on any atom is 0.255 e. The fourth-order valence-electron chi connectivity index (χ4n) is 4.28. The van der Waals surface area contributed by atoms with Crippen molar-refractivity contribution in [3.8, 4) is 0 Å². The van der Waals surface area contributed by atoms with E-state index in [-0.39, 0.29) is 17.4 Å². The predicted molar refractivity (Wildman–Crippen MR) is 107 cm³/mol. The number of hydrogen-bond donors (Lipinski definition) is 2. The lowest BCUT2D eigenvalue weighted by Crippen LogP contribution is -2.31. The van der Waals surface area contributed by atoms with Crippen molar-refractivity contribution in [1.29, 1.82) is 0 Å². The number of halogens is 4. The minimum atomic E-state index is -1.58. The maximum atomic E-state index is 13.4. The molecule has 2 unspecified atom stereocenters. The monoisotopic (exact) mass is 441 g/mol. The lowest BCUT2D eigenvalue weighted by Gasteiger charge is -2.32. The summed E-state index contributed by atoms with van der Waals surface area (Å²) in [5.74, 6) is -4.27. The van der Waals surface area contributed by atoms with E-state index in [0.29, 0.717) is 22.1 Å². The van der Waals surface area contributed by atoms with Crippen molar-refractivity contribution in [3.63, 3.8) is 0 Å². The summed E-state index contributed by atoms with van der Waals surface area (Å²) in [6, 6.07) is 6.23. The largest absolute Gasteiger partial charge is 0.393 e. The molecule has 2 fully saturated rings. The Labute approximate surface area is 175 Å². The van der Waals surface area contributed by atoms with Crippen LogP contribution in [0.4, 0.5) is 18.9 Å². The molecule has 2 aromatic rings. The average Bonchev–Trinajstić information content (AvgIpc) is 2.89. The lowest BCUT2D eigenvalue weighted by molar-refractivity contribution is 0.0628. The zero-order chi connectivity index (χ0) is 20.7. The molecular formula is C21H19ClF3NO2S. The van der Waals surface area contributed by atoms with Crippen LogP contribution in [0.15, 0.2) is 35.2 Å². The Hall–Kier alpha value is -1.70. The van der Waals surface area contributed by atoms with E-state index >= 15 is 0 Å². The van der Waals surface area contributed by atoms with Crippen LogP contribution in [-0.2, 0) is 0 Å². The SMILES string of the molecule is O=C(Nc1cc(F)c(F)c(F)c1)c1ccc(Cl)c(S[C@H]2CC3CCC(C2)[C@@H]3O)c1. The van der Waals surface area contributed by atoms with Gasteiger partial charge < -0.3 is 10.4 Å². The Kier molecular flexibility index (Phi) is 5.82. The molecule has 0 heterocycles. The van der Waals surface area contributed by atoms with E-state index in [1.807, 2.05) is 0 Å². The molecule has 2 aliphatic rings. The van der Waals surface area contributed by atoms with Crippen molar-refractivity contribution in [2.75, 3.05) is 5.32 Å². The van der Waals surface area contributed by atoms with Crippen LogP contribution in [0.5, 0.6) is 0 Å². The van der Waals surface area contributed by atoms with Gasteiger partial charge in [-0.25, -0.2) is 13.2 Å². The van der Waals surface area contributed by atoms with E-state index < -0.39 is 23.4 Å². The third-order valence-corrected chi connectivity index (χ3v) is 7.49. The summed E-state index contributed by atoms with van der Waals surface area (Å²) in [5, 5.41) is 13.4. The minimum Gasteiger partial charge on any atom is -0.393 e. The number of carbonyl (C=O) groups is 1. The van der Waals surface area contributed by atoms with Gasteiger partial charge in [-0.1, -0.05) is 11.6 Å². The van der Waals surface area contributed by atoms with E-state index in [2.05, 4.69) is 5.32 Å². The number of nitrogens with one attached hydrogen (secondary N) is 1. The van der Waals surface area contributed by atoms with Gasteiger partial charge in [0.2, 0.25) is 0 Å². The van der Waals surface area contributed by atoms with Crippen LogP contribution < -0.4 is 5.32 Å². The number of anilines is 1. The average molecular weight is 442 g/mol. The first kappa shape index (κ1) is 20.6.